The number of anilines is 2. The fraction of sp³-hybridized carbons (Fsp3) is 0.524. The van der Waals surface area contributed by atoms with Gasteiger partial charge < -0.3 is 15.2 Å². The smallest absolute Gasteiger partial charge is 0.345 e. The number of rotatable bonds is 6. The van der Waals surface area contributed by atoms with Crippen LogP contribution >= 0.6 is 0 Å². The van der Waals surface area contributed by atoms with E-state index in [1.165, 1.54) is 22.0 Å². The molecule has 2 aliphatic carbocycles. The minimum atomic E-state index is -4.28. The molecule has 1 N–H and O–H groups in total. The number of hydrogen-bond acceptors (Lipinski definition) is 5. The number of benzene rings is 1. The van der Waals surface area contributed by atoms with Crippen LogP contribution in [0.1, 0.15) is 41.5 Å². The second kappa shape index (κ2) is 7.83. The summed E-state index contributed by atoms with van der Waals surface area (Å²) in [5.41, 5.74) is 5.82. The van der Waals surface area contributed by atoms with Crippen LogP contribution in [0.5, 0.6) is 0 Å². The minimum absolute atomic E-state index is 0.0982. The van der Waals surface area contributed by atoms with E-state index in [-0.39, 0.29) is 12.6 Å². The molecule has 5 rings (SSSR count). The van der Waals surface area contributed by atoms with Gasteiger partial charge in [0, 0.05) is 25.5 Å². The molecule has 166 valence electrons. The zero-order valence-corrected chi connectivity index (χ0v) is 18.3. The Morgan fingerprint density at radius 1 is 1.29 bits per heavy atom. The molecule has 0 bridgehead atoms. The lowest BCUT2D eigenvalue weighted by atomic mass is 9.76. The third-order valence-corrected chi connectivity index (χ3v) is 7.66. The fourth-order valence-corrected chi connectivity index (χ4v) is 5.58. The standard InChI is InChI=1S/C21H27N5O4S/c1-25-12-16(11-22-25)26(13-17-4-2-3-9-30-17)31(28,29)24-21(27)23-20-18-7-5-14(18)10-15-6-8-19(15)20/h10-12,17H,2-9,13H2,1H3,(H2,23,24,27)/p-1/t17-/m1/s1. The molecule has 1 saturated heterocycles. The van der Waals surface area contributed by atoms with Crippen molar-refractivity contribution < 1.29 is 18.3 Å². The second-order valence-electron chi connectivity index (χ2n) is 8.42. The third kappa shape index (κ3) is 3.89. The number of hydrogen-bond donors (Lipinski definition) is 1. The van der Waals surface area contributed by atoms with Crippen LogP contribution < -0.4 is 14.7 Å². The third-order valence-electron chi connectivity index (χ3n) is 6.35. The predicted molar refractivity (Wildman–Crippen MR) is 115 cm³/mol. The monoisotopic (exact) mass is 444 g/mol. The van der Waals surface area contributed by atoms with Crippen LogP contribution in [0.15, 0.2) is 22.9 Å². The molecule has 31 heavy (non-hydrogen) atoms. The SMILES string of the molecule is Cn1cc(N(C[C@H]2CCCCO2)S(=O)(=O)/N=C(\[O-])Nc2c3c(cc4c2CC4)CC3)cn1. The molecule has 0 unspecified atom stereocenters. The molecular formula is C21H26N5O4S-. The lowest BCUT2D eigenvalue weighted by Crippen LogP contribution is -2.41. The van der Waals surface area contributed by atoms with E-state index >= 15 is 0 Å². The van der Waals surface area contributed by atoms with E-state index in [1.807, 2.05) is 0 Å². The normalized spacial score (nSPS) is 20.3. The summed E-state index contributed by atoms with van der Waals surface area (Å²) >= 11 is 0. The average molecular weight is 445 g/mol. The van der Waals surface area contributed by atoms with Crippen LogP contribution in [-0.2, 0) is 47.7 Å². The van der Waals surface area contributed by atoms with E-state index in [9.17, 15) is 13.5 Å². The summed E-state index contributed by atoms with van der Waals surface area (Å²) in [5, 5.41) is 19.5. The van der Waals surface area contributed by atoms with Gasteiger partial charge in [0.05, 0.1) is 30.6 Å². The molecule has 10 heteroatoms. The van der Waals surface area contributed by atoms with Crippen molar-refractivity contribution in [3.8, 4) is 0 Å². The van der Waals surface area contributed by atoms with Crippen molar-refractivity contribution >= 4 is 27.6 Å². The fourth-order valence-electron chi connectivity index (χ4n) is 4.51. The summed E-state index contributed by atoms with van der Waals surface area (Å²) in [5.74, 6) is 0. The zero-order valence-electron chi connectivity index (χ0n) is 17.5. The van der Waals surface area contributed by atoms with Crippen molar-refractivity contribution in [2.75, 3.05) is 22.8 Å². The van der Waals surface area contributed by atoms with E-state index in [0.29, 0.717) is 12.3 Å². The van der Waals surface area contributed by atoms with Gasteiger partial charge in [-0.05, 0) is 67.2 Å². The lowest BCUT2D eigenvalue weighted by Gasteiger charge is -2.33. The molecule has 2 heterocycles. The first kappa shape index (κ1) is 20.3. The van der Waals surface area contributed by atoms with Crippen molar-refractivity contribution in [2.24, 2.45) is 11.4 Å². The van der Waals surface area contributed by atoms with E-state index in [1.54, 1.807) is 13.2 Å². The first-order valence-electron chi connectivity index (χ1n) is 10.7. The Bertz CT molecular complexity index is 1100. The summed E-state index contributed by atoms with van der Waals surface area (Å²) in [7, 11) is -2.57. The van der Waals surface area contributed by atoms with Gasteiger partial charge in [0.1, 0.15) is 0 Å². The Morgan fingerprint density at radius 2 is 2.03 bits per heavy atom. The average Bonchev–Trinajstić information content (AvgIpc) is 3.09. The van der Waals surface area contributed by atoms with Crippen LogP contribution in [0.3, 0.4) is 0 Å². The van der Waals surface area contributed by atoms with Gasteiger partial charge in [-0.25, -0.2) is 4.31 Å². The van der Waals surface area contributed by atoms with E-state index < -0.39 is 16.2 Å². The molecule has 1 fully saturated rings. The molecule has 1 aromatic heterocycles. The summed E-state index contributed by atoms with van der Waals surface area (Å²) in [6.45, 7) is 0.703. The molecule has 1 aromatic carbocycles. The van der Waals surface area contributed by atoms with Gasteiger partial charge in [0.2, 0.25) is 0 Å². The Labute approximate surface area is 181 Å². The highest BCUT2D eigenvalue weighted by atomic mass is 32.2. The maximum atomic E-state index is 13.2. The summed E-state index contributed by atoms with van der Waals surface area (Å²) in [6.07, 6.45) is 9.30. The van der Waals surface area contributed by atoms with Crippen molar-refractivity contribution in [1.82, 2.24) is 9.78 Å². The summed E-state index contributed by atoms with van der Waals surface area (Å²) < 4.78 is 38.3. The highest BCUT2D eigenvalue weighted by molar-refractivity contribution is 7.91. The molecule has 9 nitrogen and oxygen atoms in total. The van der Waals surface area contributed by atoms with Crippen LogP contribution in [0.25, 0.3) is 0 Å². The van der Waals surface area contributed by atoms with Gasteiger partial charge in [-0.2, -0.15) is 13.5 Å². The van der Waals surface area contributed by atoms with Gasteiger partial charge in [0.25, 0.3) is 0 Å². The second-order valence-corrected chi connectivity index (χ2v) is 9.94. The Kier molecular flexibility index (Phi) is 5.13. The number of aromatic nitrogens is 2. The first-order valence-corrected chi connectivity index (χ1v) is 12.1. The number of nitrogens with zero attached hydrogens (tertiary/aromatic N) is 4. The quantitative estimate of drug-likeness (QED) is 0.527. The number of fused-ring (bicyclic) bond motifs is 2. The number of amidine groups is 1. The largest absolute Gasteiger partial charge is 0.845 e. The number of ether oxygens (including phenoxy) is 1. The molecule has 0 saturated carbocycles. The van der Waals surface area contributed by atoms with Gasteiger partial charge in [-0.15, -0.1) is 4.40 Å². The molecule has 1 atom stereocenters. The highest BCUT2D eigenvalue weighted by Crippen LogP contribution is 2.40. The summed E-state index contributed by atoms with van der Waals surface area (Å²) in [6, 6.07) is 1.34. The lowest BCUT2D eigenvalue weighted by molar-refractivity contribution is -0.213. The zero-order chi connectivity index (χ0) is 21.6. The van der Waals surface area contributed by atoms with Crippen LogP contribution in [0.2, 0.25) is 0 Å². The van der Waals surface area contributed by atoms with E-state index in [4.69, 9.17) is 4.74 Å². The van der Waals surface area contributed by atoms with Gasteiger partial charge in [-0.3, -0.25) is 4.68 Å². The summed E-state index contributed by atoms with van der Waals surface area (Å²) in [4.78, 5) is 0. The van der Waals surface area contributed by atoms with Gasteiger partial charge >= 0.3 is 10.2 Å². The Hall–Kier alpha value is -2.59. The van der Waals surface area contributed by atoms with Crippen LogP contribution in [-0.4, -0.2) is 43.5 Å². The highest BCUT2D eigenvalue weighted by Gasteiger charge is 2.29. The maximum Gasteiger partial charge on any atom is 0.345 e. The molecule has 2 aromatic rings. The van der Waals surface area contributed by atoms with Crippen molar-refractivity contribution in [3.05, 3.63) is 40.7 Å². The van der Waals surface area contributed by atoms with Crippen LogP contribution in [0.4, 0.5) is 11.4 Å². The number of nitrogens with one attached hydrogen (secondary N) is 1. The molecular weight excluding hydrogens is 418 g/mol. The van der Waals surface area contributed by atoms with Crippen LogP contribution in [0, 0.1) is 0 Å². The molecule has 3 aliphatic rings. The van der Waals surface area contributed by atoms with Crippen molar-refractivity contribution in [2.45, 2.75) is 51.0 Å². The van der Waals surface area contributed by atoms with Gasteiger partial charge in [-0.1, -0.05) is 6.07 Å². The maximum absolute atomic E-state index is 13.2. The Balaban J connectivity index is 1.42. The van der Waals surface area contributed by atoms with Crippen molar-refractivity contribution in [3.63, 3.8) is 0 Å². The Morgan fingerprint density at radius 3 is 2.58 bits per heavy atom. The van der Waals surface area contributed by atoms with E-state index in [2.05, 4.69) is 20.9 Å². The molecule has 0 amide bonds. The molecule has 0 radical (unpaired) electrons. The predicted octanol–water partition coefficient (Wildman–Crippen LogP) is 1.07. The molecule has 0 spiro atoms. The topological polar surface area (TPSA) is 112 Å². The first-order chi connectivity index (χ1) is 14.9. The van der Waals surface area contributed by atoms with Gasteiger partial charge in [0.15, 0.2) is 0 Å². The minimum Gasteiger partial charge on any atom is -0.845 e. The molecule has 1 aliphatic heterocycles. The van der Waals surface area contributed by atoms with E-state index in [0.717, 1.165) is 66.1 Å². The van der Waals surface area contributed by atoms with Crippen molar-refractivity contribution in [1.29, 1.82) is 0 Å². The number of aryl methyl sites for hydroxylation is 3.